The van der Waals surface area contributed by atoms with Crippen molar-refractivity contribution in [1.29, 1.82) is 0 Å². The van der Waals surface area contributed by atoms with Crippen molar-refractivity contribution in [3.05, 3.63) is 102 Å². The largest absolute Gasteiger partial charge is 0.465 e. The summed E-state index contributed by atoms with van der Waals surface area (Å²) < 4.78 is 4.86. The van der Waals surface area contributed by atoms with Gasteiger partial charge in [0.25, 0.3) is 11.8 Å². The molecule has 3 N–H and O–H groups in total. The second kappa shape index (κ2) is 11.6. The number of aliphatic imine (C=N–C) groups is 1. The fraction of sp³-hybridized carbons (Fsp3) is 0.167. The van der Waals surface area contributed by atoms with Crippen LogP contribution in [-0.2, 0) is 19.1 Å². The highest BCUT2D eigenvalue weighted by Crippen LogP contribution is 2.28. The molecule has 1 aliphatic heterocycles. The number of anilines is 1. The number of fused-ring (bicyclic) bond motifs is 2. The first-order valence-electron chi connectivity index (χ1n) is 12.8. The first-order chi connectivity index (χ1) is 19.4. The van der Waals surface area contributed by atoms with E-state index < -0.39 is 36.4 Å². The third kappa shape index (κ3) is 5.60. The number of rotatable bonds is 8. The van der Waals surface area contributed by atoms with Crippen LogP contribution in [0.4, 0.5) is 5.69 Å². The topological polar surface area (TPSA) is 133 Å². The van der Waals surface area contributed by atoms with Crippen molar-refractivity contribution in [1.82, 2.24) is 15.6 Å². The molecule has 0 spiro atoms. The Morgan fingerprint density at radius 2 is 1.70 bits per heavy atom. The number of esters is 1. The van der Waals surface area contributed by atoms with E-state index in [1.54, 1.807) is 31.2 Å². The number of ether oxygens (including phenoxy) is 1. The average Bonchev–Trinajstić information content (AvgIpc) is 3.38. The number of benzodiazepines with no additional fused rings is 1. The predicted molar refractivity (Wildman–Crippen MR) is 150 cm³/mol. The van der Waals surface area contributed by atoms with Crippen molar-refractivity contribution in [3.8, 4) is 0 Å². The molecule has 4 aromatic rings. The molecule has 0 aliphatic carbocycles. The van der Waals surface area contributed by atoms with Crippen LogP contribution in [0.15, 0.2) is 89.9 Å². The summed E-state index contributed by atoms with van der Waals surface area (Å²) in [5, 5.41) is 6.07. The molecule has 1 aromatic heterocycles. The first-order valence-corrected chi connectivity index (χ1v) is 12.8. The second-order valence-electron chi connectivity index (χ2n) is 9.01. The minimum absolute atomic E-state index is 0.185. The van der Waals surface area contributed by atoms with Gasteiger partial charge in [-0.3, -0.25) is 24.1 Å². The van der Waals surface area contributed by atoms with Crippen LogP contribution in [0.2, 0.25) is 0 Å². The lowest BCUT2D eigenvalue weighted by Gasteiger charge is -2.25. The van der Waals surface area contributed by atoms with E-state index >= 15 is 0 Å². The Morgan fingerprint density at radius 1 is 0.975 bits per heavy atom. The van der Waals surface area contributed by atoms with Crippen LogP contribution in [0.3, 0.4) is 0 Å². The summed E-state index contributed by atoms with van der Waals surface area (Å²) in [6.45, 7) is 1.12. The second-order valence-corrected chi connectivity index (χ2v) is 9.01. The Hall–Kier alpha value is -5.25. The summed E-state index contributed by atoms with van der Waals surface area (Å²) in [4.78, 5) is 60.9. The molecular formula is C30H27N5O5. The van der Waals surface area contributed by atoms with Crippen molar-refractivity contribution in [2.75, 3.05) is 24.6 Å². The summed E-state index contributed by atoms with van der Waals surface area (Å²) >= 11 is 0. The number of H-pyrrole nitrogens is 1. The number of aromatic nitrogens is 1. The van der Waals surface area contributed by atoms with E-state index in [1.165, 1.54) is 4.90 Å². The molecule has 0 fully saturated rings. The molecule has 40 heavy (non-hydrogen) atoms. The number of para-hydroxylation sites is 2. The highest BCUT2D eigenvalue weighted by molar-refractivity contribution is 6.21. The van der Waals surface area contributed by atoms with E-state index in [1.807, 2.05) is 60.7 Å². The molecule has 202 valence electrons. The summed E-state index contributed by atoms with van der Waals surface area (Å²) in [6.07, 6.45) is -1.33. The maximum absolute atomic E-state index is 13.9. The molecule has 0 saturated heterocycles. The van der Waals surface area contributed by atoms with Crippen LogP contribution in [-0.4, -0.2) is 60.2 Å². The van der Waals surface area contributed by atoms with Crippen molar-refractivity contribution in [2.45, 2.75) is 13.1 Å². The molecule has 0 radical (unpaired) electrons. The number of nitrogens with one attached hydrogen (secondary N) is 3. The summed E-state index contributed by atoms with van der Waals surface area (Å²) in [7, 11) is 0. The molecule has 2 heterocycles. The van der Waals surface area contributed by atoms with Crippen LogP contribution in [0.5, 0.6) is 0 Å². The zero-order chi connectivity index (χ0) is 28.1. The number of carbonyl (C=O) groups is 4. The highest BCUT2D eigenvalue weighted by atomic mass is 16.5. The Morgan fingerprint density at radius 3 is 2.48 bits per heavy atom. The molecule has 1 aliphatic rings. The summed E-state index contributed by atoms with van der Waals surface area (Å²) in [6, 6.07) is 25.5. The molecule has 0 bridgehead atoms. The molecule has 1 atom stereocenters. The Bertz CT molecular complexity index is 1580. The van der Waals surface area contributed by atoms with Crippen LogP contribution in [0.1, 0.15) is 28.5 Å². The van der Waals surface area contributed by atoms with Gasteiger partial charge < -0.3 is 20.4 Å². The van der Waals surface area contributed by atoms with Crippen molar-refractivity contribution in [3.63, 3.8) is 0 Å². The van der Waals surface area contributed by atoms with Gasteiger partial charge in [0.05, 0.1) is 18.0 Å². The van der Waals surface area contributed by atoms with Crippen LogP contribution in [0.25, 0.3) is 10.9 Å². The number of amides is 3. The molecular weight excluding hydrogens is 510 g/mol. The number of aromatic amines is 1. The number of carbonyl (C=O) groups excluding carboxylic acids is 4. The average molecular weight is 538 g/mol. The highest BCUT2D eigenvalue weighted by Gasteiger charge is 2.34. The van der Waals surface area contributed by atoms with Crippen LogP contribution in [0, 0.1) is 0 Å². The smallest absolute Gasteiger partial charge is 0.325 e. The minimum Gasteiger partial charge on any atom is -0.465 e. The SMILES string of the molecule is CCOC(=O)CNC(=O)CN1C(=O)C(NC(=O)c2cc3ccccc3[nH]2)N=C(c2ccccc2)c2ccccc21. The monoisotopic (exact) mass is 537 g/mol. The van der Waals surface area contributed by atoms with Crippen LogP contribution < -0.4 is 15.5 Å². The van der Waals surface area contributed by atoms with Gasteiger partial charge in [0.15, 0.2) is 0 Å². The molecule has 1 unspecified atom stereocenters. The third-order valence-electron chi connectivity index (χ3n) is 6.33. The standard InChI is InChI=1S/C30H27N5O5/c1-2-40-26(37)17-31-25(36)18-35-24-15-9-7-13-21(24)27(19-10-4-3-5-11-19)33-28(30(35)39)34-29(38)23-16-20-12-6-8-14-22(20)32-23/h3-16,28,32H,2,17-18H2,1H3,(H,31,36)(H,34,38). The summed E-state index contributed by atoms with van der Waals surface area (Å²) in [5.74, 6) is -2.28. The van der Waals surface area contributed by atoms with Gasteiger partial charge >= 0.3 is 5.97 Å². The number of nitrogens with zero attached hydrogens (tertiary/aromatic N) is 2. The Labute approximate surface area is 230 Å². The molecule has 5 rings (SSSR count). The molecule has 10 nitrogen and oxygen atoms in total. The van der Waals surface area contributed by atoms with Gasteiger partial charge in [0.2, 0.25) is 12.1 Å². The van der Waals surface area contributed by atoms with E-state index in [4.69, 9.17) is 9.73 Å². The molecule has 10 heteroatoms. The maximum Gasteiger partial charge on any atom is 0.325 e. The van der Waals surface area contributed by atoms with Crippen LogP contribution >= 0.6 is 0 Å². The number of hydrogen-bond donors (Lipinski definition) is 3. The van der Waals surface area contributed by atoms with Gasteiger partial charge in [-0.05, 0) is 25.1 Å². The Kier molecular flexibility index (Phi) is 7.68. The van der Waals surface area contributed by atoms with Crippen molar-refractivity contribution >= 4 is 46.0 Å². The fourth-order valence-corrected chi connectivity index (χ4v) is 4.49. The quantitative estimate of drug-likeness (QED) is 0.297. The predicted octanol–water partition coefficient (Wildman–Crippen LogP) is 2.79. The van der Waals surface area contributed by atoms with Crippen molar-refractivity contribution < 1.29 is 23.9 Å². The zero-order valence-corrected chi connectivity index (χ0v) is 21.7. The lowest BCUT2D eigenvalue weighted by Crippen LogP contribution is -2.50. The van der Waals surface area contributed by atoms with Gasteiger partial charge in [-0.1, -0.05) is 66.7 Å². The maximum atomic E-state index is 13.9. The van der Waals surface area contributed by atoms with Gasteiger partial charge in [-0.15, -0.1) is 0 Å². The van der Waals surface area contributed by atoms with Crippen molar-refractivity contribution in [2.24, 2.45) is 4.99 Å². The number of benzene rings is 3. The van der Waals surface area contributed by atoms with E-state index in [0.717, 1.165) is 16.5 Å². The number of hydrogen-bond acceptors (Lipinski definition) is 6. The minimum atomic E-state index is -1.33. The van der Waals surface area contributed by atoms with E-state index in [0.29, 0.717) is 17.0 Å². The molecule has 3 amide bonds. The summed E-state index contributed by atoms with van der Waals surface area (Å²) in [5.41, 5.74) is 3.33. The molecule has 3 aromatic carbocycles. The van der Waals surface area contributed by atoms with Gasteiger partial charge in [-0.25, -0.2) is 4.99 Å². The van der Waals surface area contributed by atoms with E-state index in [2.05, 4.69) is 15.6 Å². The van der Waals surface area contributed by atoms with E-state index in [-0.39, 0.29) is 18.8 Å². The third-order valence-corrected chi connectivity index (χ3v) is 6.33. The molecule has 0 saturated carbocycles. The van der Waals surface area contributed by atoms with Gasteiger partial charge in [0.1, 0.15) is 18.8 Å². The van der Waals surface area contributed by atoms with Gasteiger partial charge in [0, 0.05) is 22.0 Å². The Balaban J connectivity index is 1.50. The first kappa shape index (κ1) is 26.4. The van der Waals surface area contributed by atoms with Gasteiger partial charge in [-0.2, -0.15) is 0 Å². The zero-order valence-electron chi connectivity index (χ0n) is 21.7. The lowest BCUT2D eigenvalue weighted by atomic mass is 10.0. The lowest BCUT2D eigenvalue weighted by molar-refractivity contribution is -0.143. The normalized spacial score (nSPS) is 14.6. The fourth-order valence-electron chi connectivity index (χ4n) is 4.49. The van der Waals surface area contributed by atoms with E-state index in [9.17, 15) is 19.2 Å².